The van der Waals surface area contributed by atoms with Crippen molar-refractivity contribution in [2.75, 3.05) is 0 Å². The number of ether oxygens (including phenoxy) is 2. The maximum absolute atomic E-state index is 12.3. The molecular formula is C23H28N2O4. The van der Waals surface area contributed by atoms with E-state index in [0.29, 0.717) is 11.3 Å². The molecule has 29 heavy (non-hydrogen) atoms. The summed E-state index contributed by atoms with van der Waals surface area (Å²) < 4.78 is 10.5. The fourth-order valence-corrected chi connectivity index (χ4v) is 2.35. The number of carbonyl (C=O) groups excluding carboxylic acids is 2. The zero-order valence-corrected chi connectivity index (χ0v) is 17.8. The van der Waals surface area contributed by atoms with Crippen molar-refractivity contribution in [3.63, 3.8) is 0 Å². The Labute approximate surface area is 171 Å². The van der Waals surface area contributed by atoms with Gasteiger partial charge in [-0.15, -0.1) is 0 Å². The molecule has 6 heteroatoms. The van der Waals surface area contributed by atoms with Crippen molar-refractivity contribution < 1.29 is 19.1 Å². The normalized spacial score (nSPS) is 11.9. The average molecular weight is 396 g/mol. The van der Waals surface area contributed by atoms with Crippen molar-refractivity contribution in [2.24, 2.45) is 5.10 Å². The lowest BCUT2D eigenvalue weighted by molar-refractivity contribution is 0.0529. The Morgan fingerprint density at radius 1 is 0.897 bits per heavy atom. The quantitative estimate of drug-likeness (QED) is 0.339. The number of rotatable bonds is 4. The first-order valence-electron chi connectivity index (χ1n) is 9.39. The maximum atomic E-state index is 12.3. The molecule has 6 nitrogen and oxygen atoms in total. The first-order chi connectivity index (χ1) is 13.4. The summed E-state index contributed by atoms with van der Waals surface area (Å²) in [5.74, 6) is 0.00520. The van der Waals surface area contributed by atoms with E-state index in [-0.39, 0.29) is 5.41 Å². The van der Waals surface area contributed by atoms with E-state index in [1.807, 2.05) is 12.1 Å². The van der Waals surface area contributed by atoms with Gasteiger partial charge in [0.25, 0.3) is 0 Å². The summed E-state index contributed by atoms with van der Waals surface area (Å²) in [4.78, 5) is 23.8. The topological polar surface area (TPSA) is 77.0 Å². The van der Waals surface area contributed by atoms with Crippen LogP contribution in [0.2, 0.25) is 0 Å². The van der Waals surface area contributed by atoms with Gasteiger partial charge in [-0.2, -0.15) is 5.10 Å². The minimum Gasteiger partial charge on any atom is -0.443 e. The van der Waals surface area contributed by atoms with Crippen LogP contribution in [0.4, 0.5) is 4.79 Å². The predicted octanol–water partition coefficient (Wildman–Crippen LogP) is 5.06. The highest BCUT2D eigenvalue weighted by Gasteiger charge is 2.16. The van der Waals surface area contributed by atoms with Crippen LogP contribution < -0.4 is 10.2 Å². The number of carbonyl (C=O) groups is 2. The number of hydrogen-bond donors (Lipinski definition) is 1. The molecule has 0 saturated heterocycles. The van der Waals surface area contributed by atoms with Gasteiger partial charge in [-0.3, -0.25) is 0 Å². The first kappa shape index (κ1) is 22.1. The van der Waals surface area contributed by atoms with Gasteiger partial charge in [0.2, 0.25) is 0 Å². The van der Waals surface area contributed by atoms with Crippen LogP contribution in [0.3, 0.4) is 0 Å². The Kier molecular flexibility index (Phi) is 6.80. The summed E-state index contributed by atoms with van der Waals surface area (Å²) in [6.45, 7) is 11.7. The molecule has 2 aromatic rings. The van der Waals surface area contributed by atoms with Gasteiger partial charge in [-0.1, -0.05) is 32.9 Å². The lowest BCUT2D eigenvalue weighted by Crippen LogP contribution is -2.29. The van der Waals surface area contributed by atoms with E-state index in [1.165, 1.54) is 6.21 Å². The third-order valence-electron chi connectivity index (χ3n) is 3.85. The lowest BCUT2D eigenvalue weighted by atomic mass is 9.87. The second-order valence-corrected chi connectivity index (χ2v) is 8.66. The van der Waals surface area contributed by atoms with Crippen LogP contribution >= 0.6 is 0 Å². The van der Waals surface area contributed by atoms with Gasteiger partial charge in [-0.25, -0.2) is 15.0 Å². The average Bonchev–Trinajstić information content (AvgIpc) is 2.61. The largest absolute Gasteiger partial charge is 0.443 e. The molecule has 0 heterocycles. The van der Waals surface area contributed by atoms with Gasteiger partial charge in [0.15, 0.2) is 0 Å². The van der Waals surface area contributed by atoms with Crippen molar-refractivity contribution in [2.45, 2.75) is 52.6 Å². The maximum Gasteiger partial charge on any atom is 0.428 e. The molecule has 0 aromatic heterocycles. The Bertz CT molecular complexity index is 871. The van der Waals surface area contributed by atoms with Gasteiger partial charge in [-0.05, 0) is 73.7 Å². The van der Waals surface area contributed by atoms with Crippen LogP contribution in [0.15, 0.2) is 53.6 Å². The summed E-state index contributed by atoms with van der Waals surface area (Å²) in [6.07, 6.45) is 0.845. The summed E-state index contributed by atoms with van der Waals surface area (Å²) in [5, 5.41) is 3.83. The summed E-state index contributed by atoms with van der Waals surface area (Å²) in [5.41, 5.74) is 4.11. The second-order valence-electron chi connectivity index (χ2n) is 8.66. The van der Waals surface area contributed by atoms with E-state index < -0.39 is 17.7 Å². The monoisotopic (exact) mass is 396 g/mol. The molecule has 1 N–H and O–H groups in total. The summed E-state index contributed by atoms with van der Waals surface area (Å²) >= 11 is 0. The minimum atomic E-state index is -0.628. The van der Waals surface area contributed by atoms with Gasteiger partial charge in [0.1, 0.15) is 11.4 Å². The third kappa shape index (κ3) is 7.41. The van der Waals surface area contributed by atoms with E-state index >= 15 is 0 Å². The molecule has 0 spiro atoms. The molecule has 0 aliphatic carbocycles. The zero-order chi connectivity index (χ0) is 21.7. The third-order valence-corrected chi connectivity index (χ3v) is 3.85. The van der Waals surface area contributed by atoms with Gasteiger partial charge < -0.3 is 9.47 Å². The number of amides is 1. The molecule has 154 valence electrons. The van der Waals surface area contributed by atoms with Crippen molar-refractivity contribution >= 4 is 18.3 Å². The van der Waals surface area contributed by atoms with E-state index in [0.717, 1.165) is 11.1 Å². The van der Waals surface area contributed by atoms with Crippen LogP contribution in [0.25, 0.3) is 0 Å². The van der Waals surface area contributed by atoms with E-state index in [1.54, 1.807) is 57.2 Å². The Balaban J connectivity index is 1.92. The number of nitrogens with one attached hydrogen (secondary N) is 1. The number of esters is 1. The number of hydrazone groups is 1. The van der Waals surface area contributed by atoms with Crippen LogP contribution in [0, 0.1) is 0 Å². The SMILES string of the molecule is CC(C)(C)OC(=O)N/N=C\c1ccc(OC(=O)c2ccc(C(C)(C)C)cc2)cc1. The van der Waals surface area contributed by atoms with Crippen LogP contribution in [0.5, 0.6) is 5.75 Å². The van der Waals surface area contributed by atoms with Gasteiger partial charge in [0, 0.05) is 0 Å². The molecule has 0 bridgehead atoms. The number of benzene rings is 2. The van der Waals surface area contributed by atoms with E-state index in [2.05, 4.69) is 31.3 Å². The zero-order valence-electron chi connectivity index (χ0n) is 17.8. The standard InChI is InChI=1S/C23H28N2O4/c1-22(2,3)18-11-9-17(10-12-18)20(26)28-19-13-7-16(8-14-19)15-24-25-21(27)29-23(4,5)6/h7-15H,1-6H3,(H,25,27)/b24-15-. The first-order valence-corrected chi connectivity index (χ1v) is 9.39. The highest BCUT2D eigenvalue weighted by atomic mass is 16.6. The predicted molar refractivity (Wildman–Crippen MR) is 114 cm³/mol. The van der Waals surface area contributed by atoms with Crippen molar-refractivity contribution in [3.05, 3.63) is 65.2 Å². The molecule has 0 unspecified atom stereocenters. The minimum absolute atomic E-state index is 0.0260. The highest BCUT2D eigenvalue weighted by molar-refractivity contribution is 5.91. The molecule has 0 aliphatic rings. The summed E-state index contributed by atoms with van der Waals surface area (Å²) in [7, 11) is 0. The van der Waals surface area contributed by atoms with Crippen LogP contribution in [0.1, 0.15) is 63.0 Å². The van der Waals surface area contributed by atoms with Crippen molar-refractivity contribution in [1.82, 2.24) is 5.43 Å². The fraction of sp³-hybridized carbons (Fsp3) is 0.348. The molecule has 0 radical (unpaired) electrons. The van der Waals surface area contributed by atoms with Gasteiger partial charge in [0.05, 0.1) is 11.8 Å². The molecule has 1 amide bonds. The number of hydrogen-bond acceptors (Lipinski definition) is 5. The fourth-order valence-electron chi connectivity index (χ4n) is 2.35. The Hall–Kier alpha value is -3.15. The van der Waals surface area contributed by atoms with E-state index in [4.69, 9.17) is 9.47 Å². The van der Waals surface area contributed by atoms with E-state index in [9.17, 15) is 9.59 Å². The molecule has 2 aromatic carbocycles. The highest BCUT2D eigenvalue weighted by Crippen LogP contribution is 2.22. The summed E-state index contributed by atoms with van der Waals surface area (Å²) in [6, 6.07) is 14.2. The molecule has 0 atom stereocenters. The van der Waals surface area contributed by atoms with Crippen molar-refractivity contribution in [3.8, 4) is 5.75 Å². The second kappa shape index (κ2) is 8.90. The van der Waals surface area contributed by atoms with Crippen LogP contribution in [-0.2, 0) is 10.2 Å². The smallest absolute Gasteiger partial charge is 0.428 e. The number of nitrogens with zero attached hydrogens (tertiary/aromatic N) is 1. The molecule has 2 rings (SSSR count). The van der Waals surface area contributed by atoms with Gasteiger partial charge >= 0.3 is 12.1 Å². The van der Waals surface area contributed by atoms with Crippen molar-refractivity contribution in [1.29, 1.82) is 0 Å². The Morgan fingerprint density at radius 3 is 2.00 bits per heavy atom. The molecule has 0 aliphatic heterocycles. The molecule has 0 fully saturated rings. The molecule has 0 saturated carbocycles. The Morgan fingerprint density at radius 2 is 1.48 bits per heavy atom. The lowest BCUT2D eigenvalue weighted by Gasteiger charge is -2.18. The van der Waals surface area contributed by atoms with Crippen LogP contribution in [-0.4, -0.2) is 23.9 Å². The molecular weight excluding hydrogens is 368 g/mol.